The second kappa shape index (κ2) is 10.6. The van der Waals surface area contributed by atoms with Gasteiger partial charge in [-0.15, -0.1) is 0 Å². The van der Waals surface area contributed by atoms with Crippen LogP contribution in [0.2, 0.25) is 5.02 Å². The van der Waals surface area contributed by atoms with E-state index in [0.717, 1.165) is 43.3 Å². The molecule has 3 fully saturated rings. The van der Waals surface area contributed by atoms with E-state index in [9.17, 15) is 28.1 Å². The first-order valence-corrected chi connectivity index (χ1v) is 13.1. The Labute approximate surface area is 223 Å². The molecule has 2 unspecified atom stereocenters. The number of fused-ring (bicyclic) bond motifs is 1. The first-order valence-electron chi connectivity index (χ1n) is 12.7. The lowest BCUT2D eigenvalue weighted by Gasteiger charge is -2.24. The van der Waals surface area contributed by atoms with E-state index in [4.69, 9.17) is 11.6 Å². The number of anilines is 2. The van der Waals surface area contributed by atoms with Crippen LogP contribution in [0.15, 0.2) is 42.5 Å². The number of nitro benzene ring substituents is 1. The van der Waals surface area contributed by atoms with Crippen LogP contribution in [0, 0.1) is 22.0 Å². The summed E-state index contributed by atoms with van der Waals surface area (Å²) in [6, 6.07) is 10.6. The molecule has 0 spiro atoms. The number of carbonyl (C=O) groups excluding carboxylic acids is 1. The minimum atomic E-state index is -4.83. The van der Waals surface area contributed by atoms with Crippen molar-refractivity contribution in [1.82, 2.24) is 9.80 Å². The lowest BCUT2D eigenvalue weighted by molar-refractivity contribution is -0.388. The maximum atomic E-state index is 13.3. The van der Waals surface area contributed by atoms with Crippen LogP contribution in [-0.4, -0.2) is 72.5 Å². The molecule has 1 amide bonds. The predicted molar refractivity (Wildman–Crippen MR) is 138 cm³/mol. The third-order valence-corrected chi connectivity index (χ3v) is 8.06. The van der Waals surface area contributed by atoms with E-state index in [1.54, 1.807) is 4.90 Å². The van der Waals surface area contributed by atoms with E-state index in [-0.39, 0.29) is 17.6 Å². The molecule has 12 heteroatoms. The van der Waals surface area contributed by atoms with E-state index in [2.05, 4.69) is 27.2 Å². The van der Waals surface area contributed by atoms with E-state index in [0.29, 0.717) is 44.3 Å². The Morgan fingerprint density at radius 2 is 1.74 bits per heavy atom. The number of hydrogen-bond donors (Lipinski definition) is 1. The number of hydrogen-bond acceptors (Lipinski definition) is 6. The number of halogens is 4. The van der Waals surface area contributed by atoms with Crippen molar-refractivity contribution in [3.05, 3.63) is 63.2 Å². The van der Waals surface area contributed by atoms with Crippen molar-refractivity contribution in [2.75, 3.05) is 56.0 Å². The average molecular weight is 552 g/mol. The molecule has 0 bridgehead atoms. The van der Waals surface area contributed by atoms with Crippen molar-refractivity contribution in [1.29, 1.82) is 0 Å². The van der Waals surface area contributed by atoms with Gasteiger partial charge in [0.25, 0.3) is 5.69 Å². The third kappa shape index (κ3) is 5.83. The highest BCUT2D eigenvalue weighted by Gasteiger charge is 2.41. The lowest BCUT2D eigenvalue weighted by atomic mass is 10.0. The first-order chi connectivity index (χ1) is 18.1. The smallest absolute Gasteiger partial charge is 0.380 e. The fourth-order valence-corrected chi connectivity index (χ4v) is 6.03. The topological polar surface area (TPSA) is 82.0 Å². The molecule has 204 valence electrons. The van der Waals surface area contributed by atoms with Crippen LogP contribution in [0.3, 0.4) is 0 Å². The summed E-state index contributed by atoms with van der Waals surface area (Å²) in [5.74, 6) is 1.18. The van der Waals surface area contributed by atoms with Gasteiger partial charge in [-0.1, -0.05) is 11.6 Å². The summed E-state index contributed by atoms with van der Waals surface area (Å²) in [5, 5.41) is 14.7. The quantitative estimate of drug-likeness (QED) is 0.395. The van der Waals surface area contributed by atoms with Crippen LogP contribution in [0.4, 0.5) is 30.2 Å². The van der Waals surface area contributed by atoms with Gasteiger partial charge in [0.1, 0.15) is 5.56 Å². The highest BCUT2D eigenvalue weighted by molar-refractivity contribution is 6.30. The zero-order valence-corrected chi connectivity index (χ0v) is 21.4. The van der Waals surface area contributed by atoms with Crippen molar-refractivity contribution in [3.8, 4) is 0 Å². The first kappa shape index (κ1) is 26.6. The minimum Gasteiger partial charge on any atom is -0.380 e. The summed E-state index contributed by atoms with van der Waals surface area (Å²) in [6.07, 6.45) is -3.83. The maximum Gasteiger partial charge on any atom is 0.423 e. The normalized spacial score (nSPS) is 23.6. The molecule has 0 aromatic heterocycles. The summed E-state index contributed by atoms with van der Waals surface area (Å²) in [7, 11) is 0. The molecule has 1 N–H and O–H groups in total. The molecule has 3 atom stereocenters. The Morgan fingerprint density at radius 1 is 1.05 bits per heavy atom. The highest BCUT2D eigenvalue weighted by Crippen LogP contribution is 2.38. The van der Waals surface area contributed by atoms with Gasteiger partial charge in [0.05, 0.1) is 4.92 Å². The third-order valence-electron chi connectivity index (χ3n) is 7.81. The van der Waals surface area contributed by atoms with Crippen LogP contribution >= 0.6 is 11.6 Å². The van der Waals surface area contributed by atoms with Crippen molar-refractivity contribution < 1.29 is 22.9 Å². The van der Waals surface area contributed by atoms with Crippen molar-refractivity contribution in [2.45, 2.75) is 25.1 Å². The van der Waals surface area contributed by atoms with E-state index in [1.807, 2.05) is 12.1 Å². The molecular formula is C26H29ClF3N5O3. The lowest BCUT2D eigenvalue weighted by Crippen LogP contribution is -2.35. The molecule has 3 aliphatic heterocycles. The largest absolute Gasteiger partial charge is 0.423 e. The number of amides is 1. The van der Waals surface area contributed by atoms with Gasteiger partial charge in [0.15, 0.2) is 0 Å². The summed E-state index contributed by atoms with van der Waals surface area (Å²) < 4.78 is 39.8. The monoisotopic (exact) mass is 551 g/mol. The number of carbonyl (C=O) groups is 1. The summed E-state index contributed by atoms with van der Waals surface area (Å²) in [5.41, 5.74) is -0.926. The molecule has 5 rings (SSSR count). The van der Waals surface area contributed by atoms with Gasteiger partial charge in [-0.3, -0.25) is 14.9 Å². The van der Waals surface area contributed by atoms with Crippen molar-refractivity contribution in [2.24, 2.45) is 11.8 Å². The zero-order valence-electron chi connectivity index (χ0n) is 20.7. The van der Waals surface area contributed by atoms with Gasteiger partial charge in [0, 0.05) is 80.7 Å². The number of likely N-dealkylation sites (tertiary alicyclic amines) is 2. The number of nitrogens with one attached hydrogen (secondary N) is 1. The second-order valence-corrected chi connectivity index (χ2v) is 10.8. The van der Waals surface area contributed by atoms with E-state index < -0.39 is 22.4 Å². The molecule has 8 nitrogen and oxygen atoms in total. The standard InChI is InChI=1S/C26H29ClF3N5O3/c27-19-1-4-22(5-2-19)34-14-17-12-32(13-18(17)15-34)9-8-25(36)33-10-7-21(16-33)31-20-3-6-24(35(37)38)23(11-20)26(28,29)30/h1-6,11,17-18,21,31H,7-10,12-16H2/t17?,18?,21-/m1/s1. The molecule has 0 aliphatic carbocycles. The number of benzene rings is 2. The van der Waals surface area contributed by atoms with Crippen LogP contribution in [-0.2, 0) is 11.0 Å². The molecular weight excluding hydrogens is 523 g/mol. The number of rotatable bonds is 7. The van der Waals surface area contributed by atoms with Crippen molar-refractivity contribution >= 4 is 34.6 Å². The number of nitrogens with zero attached hydrogens (tertiary/aromatic N) is 4. The molecule has 3 aliphatic rings. The van der Waals surface area contributed by atoms with Gasteiger partial charge < -0.3 is 20.0 Å². The van der Waals surface area contributed by atoms with Gasteiger partial charge in [-0.25, -0.2) is 0 Å². The fourth-order valence-electron chi connectivity index (χ4n) is 5.90. The Hall–Kier alpha value is -3.05. The second-order valence-electron chi connectivity index (χ2n) is 10.4. The summed E-state index contributed by atoms with van der Waals surface area (Å²) in [4.78, 5) is 29.3. The summed E-state index contributed by atoms with van der Waals surface area (Å²) >= 11 is 6.00. The Morgan fingerprint density at radius 3 is 2.37 bits per heavy atom. The van der Waals surface area contributed by atoms with Crippen LogP contribution in [0.1, 0.15) is 18.4 Å². The Balaban J connectivity index is 1.08. The maximum absolute atomic E-state index is 13.3. The van der Waals surface area contributed by atoms with E-state index >= 15 is 0 Å². The van der Waals surface area contributed by atoms with Gasteiger partial charge in [0.2, 0.25) is 5.91 Å². The summed E-state index contributed by atoms with van der Waals surface area (Å²) in [6.45, 7) is 5.53. The molecule has 3 heterocycles. The van der Waals surface area contributed by atoms with Crippen LogP contribution in [0.25, 0.3) is 0 Å². The van der Waals surface area contributed by atoms with Gasteiger partial charge in [-0.2, -0.15) is 13.2 Å². The SMILES string of the molecule is O=C(CCN1CC2CN(c3ccc(Cl)cc3)CC2C1)N1CC[C@@H](Nc2ccc([N+](=O)[O-])c(C(F)(F)F)c2)C1. The Bertz CT molecular complexity index is 1180. The average Bonchev–Trinajstić information content (AvgIpc) is 3.58. The Kier molecular flexibility index (Phi) is 7.41. The molecule has 2 aromatic rings. The zero-order chi connectivity index (χ0) is 27.0. The number of nitro groups is 1. The minimum absolute atomic E-state index is 0.0360. The predicted octanol–water partition coefficient (Wildman–Crippen LogP) is 4.74. The van der Waals surface area contributed by atoms with Crippen LogP contribution in [0.5, 0.6) is 0 Å². The molecule has 38 heavy (non-hydrogen) atoms. The number of alkyl halides is 3. The van der Waals surface area contributed by atoms with Crippen LogP contribution < -0.4 is 10.2 Å². The van der Waals surface area contributed by atoms with Gasteiger partial charge >= 0.3 is 6.18 Å². The van der Waals surface area contributed by atoms with Crippen molar-refractivity contribution in [3.63, 3.8) is 0 Å². The highest BCUT2D eigenvalue weighted by atomic mass is 35.5. The molecule has 0 saturated carbocycles. The van der Waals surface area contributed by atoms with Gasteiger partial charge in [-0.05, 0) is 54.7 Å². The molecule has 3 saturated heterocycles. The fraction of sp³-hybridized carbons (Fsp3) is 0.500. The van der Waals surface area contributed by atoms with E-state index in [1.165, 1.54) is 11.8 Å². The molecule has 2 aromatic carbocycles. The molecule has 0 radical (unpaired) electrons.